The minimum absolute atomic E-state index is 0.367. The van der Waals surface area contributed by atoms with E-state index in [-0.39, 0.29) is 0 Å². The largest absolute Gasteiger partial charge is 0.466 e. The molecule has 0 bridgehead atoms. The highest BCUT2D eigenvalue weighted by Gasteiger charge is 2.23. The third kappa shape index (κ3) is 25.5. The highest BCUT2D eigenvalue weighted by atomic mass is 31.2. The lowest BCUT2D eigenvalue weighted by molar-refractivity contribution is 0.275. The molecule has 1 unspecified atom stereocenters. The van der Waals surface area contributed by atoms with Crippen molar-refractivity contribution in [3.63, 3.8) is 0 Å². The van der Waals surface area contributed by atoms with E-state index >= 15 is 0 Å². The van der Waals surface area contributed by atoms with Gasteiger partial charge in [-0.3, -0.25) is 0 Å². The first-order chi connectivity index (χ1) is 12.4. The second-order valence-electron chi connectivity index (χ2n) is 5.85. The molecular formula is C18H33O7P. The molecule has 0 amide bonds. The minimum atomic E-state index is -4.64. The molecule has 0 aromatic heterocycles. The summed E-state index contributed by atoms with van der Waals surface area (Å²) in [5, 5.41) is 8.42. The molecule has 26 heavy (non-hydrogen) atoms. The Morgan fingerprint density at radius 2 is 1.46 bits per heavy atom. The molecule has 0 aliphatic carbocycles. The molecule has 0 spiro atoms. The zero-order valence-corrected chi connectivity index (χ0v) is 16.4. The van der Waals surface area contributed by atoms with Crippen molar-refractivity contribution in [2.75, 3.05) is 26.4 Å². The molecule has 2 aliphatic rings. The van der Waals surface area contributed by atoms with Crippen LogP contribution in [0, 0.1) is 0 Å². The number of hydrogen-bond donors (Lipinski definition) is 4. The van der Waals surface area contributed by atoms with Gasteiger partial charge in [0.1, 0.15) is 6.10 Å². The molecule has 7 nitrogen and oxygen atoms in total. The molecule has 0 radical (unpaired) electrons. The maximum atomic E-state index is 8.88. The lowest BCUT2D eigenvalue weighted by atomic mass is 10.1. The number of ether oxygens (including phenoxy) is 2. The van der Waals surface area contributed by atoms with Crippen LogP contribution in [-0.4, -0.2) is 46.2 Å². The fourth-order valence-corrected chi connectivity index (χ4v) is 1.80. The summed E-state index contributed by atoms with van der Waals surface area (Å²) >= 11 is 0. The Hall–Kier alpha value is -0.790. The summed E-state index contributed by atoms with van der Waals surface area (Å²) in [4.78, 5) is 21.6. The van der Waals surface area contributed by atoms with Crippen LogP contribution in [0.25, 0.3) is 0 Å². The summed E-state index contributed by atoms with van der Waals surface area (Å²) in [5.41, 5.74) is 1.30. The van der Waals surface area contributed by atoms with Crippen molar-refractivity contribution >= 4 is 7.82 Å². The average Bonchev–Trinajstić information content (AvgIpc) is 3.47. The molecule has 2 fully saturated rings. The van der Waals surface area contributed by atoms with Gasteiger partial charge in [0.2, 0.25) is 0 Å². The number of aliphatic hydroxyl groups excluding tert-OH is 1. The van der Waals surface area contributed by atoms with Gasteiger partial charge in [-0.2, -0.15) is 0 Å². The summed E-state index contributed by atoms with van der Waals surface area (Å²) < 4.78 is 18.5. The van der Waals surface area contributed by atoms with Gasteiger partial charge in [0, 0.05) is 6.61 Å². The molecular weight excluding hydrogens is 359 g/mol. The molecule has 2 aliphatic heterocycles. The number of epoxide rings is 2. The van der Waals surface area contributed by atoms with E-state index in [1.807, 2.05) is 18.2 Å². The van der Waals surface area contributed by atoms with Gasteiger partial charge in [0.05, 0.1) is 19.8 Å². The monoisotopic (exact) mass is 392 g/mol. The molecule has 0 saturated carbocycles. The molecule has 2 saturated heterocycles. The van der Waals surface area contributed by atoms with E-state index in [9.17, 15) is 0 Å². The zero-order valence-electron chi connectivity index (χ0n) is 15.5. The van der Waals surface area contributed by atoms with Crippen molar-refractivity contribution in [2.24, 2.45) is 0 Å². The van der Waals surface area contributed by atoms with Crippen LogP contribution >= 0.6 is 7.82 Å². The second kappa shape index (κ2) is 16.4. The van der Waals surface area contributed by atoms with E-state index in [0.29, 0.717) is 12.7 Å². The Kier molecular flexibility index (Phi) is 15.9. The van der Waals surface area contributed by atoms with Gasteiger partial charge in [-0.1, -0.05) is 69.4 Å². The van der Waals surface area contributed by atoms with E-state index in [0.717, 1.165) is 26.2 Å². The number of aliphatic hydroxyl groups is 1. The Morgan fingerprint density at radius 3 is 1.85 bits per heavy atom. The molecule has 1 atom stereocenters. The van der Waals surface area contributed by atoms with Gasteiger partial charge in [0.25, 0.3) is 0 Å². The van der Waals surface area contributed by atoms with Crippen LogP contribution in [0.5, 0.6) is 0 Å². The van der Waals surface area contributed by atoms with Crippen LogP contribution in [0.15, 0.2) is 30.3 Å². The number of hydrogen-bond acceptors (Lipinski definition) is 4. The van der Waals surface area contributed by atoms with Gasteiger partial charge in [-0.05, 0) is 12.0 Å². The van der Waals surface area contributed by atoms with Crippen LogP contribution in [0.3, 0.4) is 0 Å². The average molecular weight is 392 g/mol. The van der Waals surface area contributed by atoms with E-state index in [2.05, 4.69) is 23.8 Å². The van der Waals surface area contributed by atoms with E-state index < -0.39 is 7.82 Å². The molecule has 1 aromatic carbocycles. The first-order valence-corrected chi connectivity index (χ1v) is 10.6. The van der Waals surface area contributed by atoms with Crippen molar-refractivity contribution in [2.45, 2.75) is 51.6 Å². The number of benzene rings is 1. The van der Waals surface area contributed by atoms with Crippen LogP contribution < -0.4 is 0 Å². The standard InChI is InChI=1S/C8H8O.C8H18O.C2H4O.H3O4P/c1-2-4-7(5-3-1)8-6-9-8;1-2-3-4-5-6-7-8-9;1-2-3-1;1-5(2,3)4/h1-5,8H,6H2;9H,2-8H2,1H3;1-2H2;(H3,1,2,3,4). The van der Waals surface area contributed by atoms with Crippen LogP contribution in [0.1, 0.15) is 57.1 Å². The zero-order chi connectivity index (χ0) is 19.7. The van der Waals surface area contributed by atoms with Crippen molar-refractivity contribution in [3.05, 3.63) is 35.9 Å². The predicted octanol–water partition coefficient (Wildman–Crippen LogP) is 3.19. The highest BCUT2D eigenvalue weighted by Crippen LogP contribution is 2.28. The first-order valence-electron chi connectivity index (χ1n) is 9.02. The summed E-state index contributed by atoms with van der Waals surface area (Å²) in [6.07, 6.45) is 7.90. The maximum Gasteiger partial charge on any atom is 0.466 e. The van der Waals surface area contributed by atoms with Crippen LogP contribution in [0.2, 0.25) is 0 Å². The van der Waals surface area contributed by atoms with Crippen LogP contribution in [-0.2, 0) is 14.0 Å². The fourth-order valence-electron chi connectivity index (χ4n) is 1.80. The smallest absolute Gasteiger partial charge is 0.396 e. The Morgan fingerprint density at radius 1 is 1.00 bits per heavy atom. The van der Waals surface area contributed by atoms with Gasteiger partial charge in [0.15, 0.2) is 0 Å². The Labute approximate surface area is 156 Å². The quantitative estimate of drug-likeness (QED) is 0.319. The van der Waals surface area contributed by atoms with Gasteiger partial charge in [-0.15, -0.1) is 0 Å². The maximum absolute atomic E-state index is 8.88. The highest BCUT2D eigenvalue weighted by molar-refractivity contribution is 7.45. The van der Waals surface area contributed by atoms with Gasteiger partial charge < -0.3 is 29.3 Å². The van der Waals surface area contributed by atoms with Crippen molar-refractivity contribution < 1.29 is 33.8 Å². The first kappa shape index (κ1) is 25.2. The molecule has 152 valence electrons. The molecule has 8 heteroatoms. The van der Waals surface area contributed by atoms with Crippen molar-refractivity contribution in [3.8, 4) is 0 Å². The number of unbranched alkanes of at least 4 members (excludes halogenated alkanes) is 5. The molecule has 1 aromatic rings. The van der Waals surface area contributed by atoms with Crippen LogP contribution in [0.4, 0.5) is 0 Å². The summed E-state index contributed by atoms with van der Waals surface area (Å²) in [6.45, 7) is 5.49. The third-order valence-corrected chi connectivity index (χ3v) is 3.22. The van der Waals surface area contributed by atoms with E-state index in [1.165, 1.54) is 37.7 Å². The predicted molar refractivity (Wildman–Crippen MR) is 101 cm³/mol. The Bertz CT molecular complexity index is 441. The summed E-state index contributed by atoms with van der Waals surface area (Å²) in [7, 11) is -4.64. The third-order valence-electron chi connectivity index (χ3n) is 3.22. The lowest BCUT2D eigenvalue weighted by Crippen LogP contribution is -1.82. The molecule has 4 N–H and O–H groups in total. The normalized spacial score (nSPS) is 16.7. The van der Waals surface area contributed by atoms with E-state index in [1.54, 1.807) is 0 Å². The van der Waals surface area contributed by atoms with Crippen molar-refractivity contribution in [1.82, 2.24) is 0 Å². The molecule has 2 heterocycles. The minimum Gasteiger partial charge on any atom is -0.396 e. The second-order valence-corrected chi connectivity index (χ2v) is 6.88. The Balaban J connectivity index is 0.000000345. The van der Waals surface area contributed by atoms with Gasteiger partial charge in [-0.25, -0.2) is 4.57 Å². The number of rotatable bonds is 7. The topological polar surface area (TPSA) is 123 Å². The van der Waals surface area contributed by atoms with Gasteiger partial charge >= 0.3 is 7.82 Å². The summed E-state index contributed by atoms with van der Waals surface area (Å²) in [6, 6.07) is 10.3. The SMILES string of the molecule is C1CO1.CCCCCCCCO.O=P(O)(O)O.c1ccc(C2CO2)cc1. The lowest BCUT2D eigenvalue weighted by Gasteiger charge is -1.95. The van der Waals surface area contributed by atoms with E-state index in [4.69, 9.17) is 29.1 Å². The fraction of sp³-hybridized carbons (Fsp3) is 0.667. The summed E-state index contributed by atoms with van der Waals surface area (Å²) in [5.74, 6) is 0. The molecule has 3 rings (SSSR count). The van der Waals surface area contributed by atoms with Crippen molar-refractivity contribution in [1.29, 1.82) is 0 Å². The number of phosphoric acid groups is 1.